The quantitative estimate of drug-likeness (QED) is 0.681. The molecule has 6 nitrogen and oxygen atoms in total. The first-order valence-corrected chi connectivity index (χ1v) is 10.4. The first-order chi connectivity index (χ1) is 14.7. The molecule has 2 aliphatic heterocycles. The Hall–Kier alpha value is -2.90. The summed E-state index contributed by atoms with van der Waals surface area (Å²) in [6, 6.07) is 13.4. The van der Waals surface area contributed by atoms with E-state index in [1.54, 1.807) is 23.2 Å². The molecule has 3 heterocycles. The first kappa shape index (κ1) is 19.1. The molecule has 7 heteroatoms. The second kappa shape index (κ2) is 8.08. The van der Waals surface area contributed by atoms with Crippen LogP contribution in [0.5, 0.6) is 0 Å². The van der Waals surface area contributed by atoms with E-state index in [0.717, 1.165) is 41.5 Å². The molecule has 2 aliphatic rings. The van der Waals surface area contributed by atoms with Crippen LogP contribution in [0.2, 0.25) is 0 Å². The fourth-order valence-corrected chi connectivity index (χ4v) is 4.31. The van der Waals surface area contributed by atoms with Crippen molar-refractivity contribution in [3.05, 3.63) is 71.3 Å². The second-order valence-electron chi connectivity index (χ2n) is 8.13. The molecule has 3 aromatic rings. The number of hydrogen-bond donors (Lipinski definition) is 2. The van der Waals surface area contributed by atoms with E-state index in [2.05, 4.69) is 20.8 Å². The predicted molar refractivity (Wildman–Crippen MR) is 113 cm³/mol. The van der Waals surface area contributed by atoms with E-state index < -0.39 is 5.82 Å². The van der Waals surface area contributed by atoms with Gasteiger partial charge in [-0.15, -0.1) is 0 Å². The standard InChI is InChI=1S/C23H24FN5O/c24-21-6-5-15(10-22-19-4-2-1-3-16(19)11-26-28-22)9-20(21)23(30)29-13-18(14-29)27-17-7-8-25-12-17/h1-6,9,11,17-18,25,27H,7-8,10,12-14H2. The lowest BCUT2D eigenvalue weighted by Gasteiger charge is -2.41. The largest absolute Gasteiger partial charge is 0.335 e. The van der Waals surface area contributed by atoms with Gasteiger partial charge in [-0.25, -0.2) is 4.39 Å². The van der Waals surface area contributed by atoms with Crippen LogP contribution in [0.25, 0.3) is 10.8 Å². The molecule has 1 aromatic heterocycles. The third-order valence-electron chi connectivity index (χ3n) is 5.98. The van der Waals surface area contributed by atoms with Crippen molar-refractivity contribution < 1.29 is 9.18 Å². The molecular formula is C23H24FN5O. The first-order valence-electron chi connectivity index (χ1n) is 10.4. The van der Waals surface area contributed by atoms with Crippen LogP contribution in [-0.2, 0) is 6.42 Å². The lowest BCUT2D eigenvalue weighted by atomic mass is 10.0. The summed E-state index contributed by atoms with van der Waals surface area (Å²) in [5, 5.41) is 17.3. The van der Waals surface area contributed by atoms with E-state index in [-0.39, 0.29) is 17.5 Å². The van der Waals surface area contributed by atoms with E-state index in [1.807, 2.05) is 24.3 Å². The molecule has 0 saturated carbocycles. The number of fused-ring (bicyclic) bond motifs is 1. The van der Waals surface area contributed by atoms with E-state index in [1.165, 1.54) is 6.07 Å². The number of halogens is 1. The minimum Gasteiger partial charge on any atom is -0.335 e. The molecule has 2 aromatic carbocycles. The summed E-state index contributed by atoms with van der Waals surface area (Å²) in [6.45, 7) is 3.24. The molecule has 2 saturated heterocycles. The number of nitrogens with zero attached hydrogens (tertiary/aromatic N) is 3. The highest BCUT2D eigenvalue weighted by Gasteiger charge is 2.34. The molecule has 0 radical (unpaired) electrons. The Bertz CT molecular complexity index is 1070. The van der Waals surface area contributed by atoms with Gasteiger partial charge in [0.2, 0.25) is 0 Å². The lowest BCUT2D eigenvalue weighted by Crippen LogP contribution is -2.62. The van der Waals surface area contributed by atoms with Crippen LogP contribution < -0.4 is 10.6 Å². The van der Waals surface area contributed by atoms with Gasteiger partial charge in [-0.2, -0.15) is 10.2 Å². The van der Waals surface area contributed by atoms with Crippen molar-refractivity contribution in [1.82, 2.24) is 25.7 Å². The Labute approximate surface area is 174 Å². The van der Waals surface area contributed by atoms with Crippen molar-refractivity contribution in [1.29, 1.82) is 0 Å². The fraction of sp³-hybridized carbons (Fsp3) is 0.348. The normalized spacial score (nSPS) is 19.2. The van der Waals surface area contributed by atoms with Crippen LogP contribution in [0, 0.1) is 5.82 Å². The van der Waals surface area contributed by atoms with Crippen molar-refractivity contribution in [3.63, 3.8) is 0 Å². The Morgan fingerprint density at radius 3 is 2.90 bits per heavy atom. The van der Waals surface area contributed by atoms with Gasteiger partial charge >= 0.3 is 0 Å². The van der Waals surface area contributed by atoms with Gasteiger partial charge in [0, 0.05) is 48.9 Å². The fourth-order valence-electron chi connectivity index (χ4n) is 4.31. The molecule has 0 spiro atoms. The zero-order valence-corrected chi connectivity index (χ0v) is 16.6. The SMILES string of the molecule is O=C(c1cc(Cc2nncc3ccccc23)ccc1F)N1CC(NC2CCNC2)C1. The van der Waals surface area contributed by atoms with Gasteiger partial charge in [-0.05, 0) is 30.7 Å². The van der Waals surface area contributed by atoms with Crippen LogP contribution in [0.1, 0.15) is 28.0 Å². The number of likely N-dealkylation sites (tertiary alicyclic amines) is 1. The molecule has 0 bridgehead atoms. The van der Waals surface area contributed by atoms with Gasteiger partial charge in [0.1, 0.15) is 5.82 Å². The number of nitrogens with one attached hydrogen (secondary N) is 2. The maximum Gasteiger partial charge on any atom is 0.256 e. The highest BCUT2D eigenvalue weighted by atomic mass is 19.1. The molecule has 1 amide bonds. The van der Waals surface area contributed by atoms with Gasteiger partial charge in [-0.1, -0.05) is 30.3 Å². The molecule has 30 heavy (non-hydrogen) atoms. The zero-order valence-electron chi connectivity index (χ0n) is 16.6. The summed E-state index contributed by atoms with van der Waals surface area (Å²) >= 11 is 0. The number of hydrogen-bond acceptors (Lipinski definition) is 5. The zero-order chi connectivity index (χ0) is 20.5. The highest BCUT2D eigenvalue weighted by Crippen LogP contribution is 2.22. The van der Waals surface area contributed by atoms with Crippen molar-refractivity contribution in [2.45, 2.75) is 24.9 Å². The molecular weight excluding hydrogens is 381 g/mol. The third kappa shape index (κ3) is 3.78. The molecule has 154 valence electrons. The van der Waals surface area contributed by atoms with E-state index >= 15 is 0 Å². The minimum atomic E-state index is -0.482. The molecule has 2 fully saturated rings. The Kier molecular flexibility index (Phi) is 5.14. The number of rotatable bonds is 5. The summed E-state index contributed by atoms with van der Waals surface area (Å²) in [5.41, 5.74) is 1.79. The number of amides is 1. The predicted octanol–water partition coefficient (Wildman–Crippen LogP) is 2.14. The van der Waals surface area contributed by atoms with Crippen LogP contribution in [-0.4, -0.2) is 59.3 Å². The second-order valence-corrected chi connectivity index (χ2v) is 8.13. The summed E-state index contributed by atoms with van der Waals surface area (Å²) < 4.78 is 14.5. The van der Waals surface area contributed by atoms with E-state index in [0.29, 0.717) is 25.6 Å². The molecule has 1 atom stereocenters. The maximum atomic E-state index is 14.5. The van der Waals surface area contributed by atoms with E-state index in [4.69, 9.17) is 0 Å². The van der Waals surface area contributed by atoms with Gasteiger partial charge < -0.3 is 15.5 Å². The van der Waals surface area contributed by atoms with Crippen LogP contribution >= 0.6 is 0 Å². The smallest absolute Gasteiger partial charge is 0.256 e. The van der Waals surface area contributed by atoms with Gasteiger partial charge in [0.15, 0.2) is 0 Å². The third-order valence-corrected chi connectivity index (χ3v) is 5.98. The summed E-state index contributed by atoms with van der Waals surface area (Å²) in [7, 11) is 0. The summed E-state index contributed by atoms with van der Waals surface area (Å²) in [4.78, 5) is 14.6. The van der Waals surface area contributed by atoms with Crippen molar-refractivity contribution >= 4 is 16.7 Å². The number of aromatic nitrogens is 2. The Morgan fingerprint density at radius 2 is 2.07 bits per heavy atom. The average Bonchev–Trinajstić information content (AvgIpc) is 3.25. The molecule has 2 N–H and O–H groups in total. The number of carbonyl (C=O) groups excluding carboxylic acids is 1. The minimum absolute atomic E-state index is 0.127. The molecule has 0 aliphatic carbocycles. The topological polar surface area (TPSA) is 70.2 Å². The van der Waals surface area contributed by atoms with Crippen molar-refractivity contribution in [2.75, 3.05) is 26.2 Å². The number of carbonyl (C=O) groups is 1. The molecule has 1 unspecified atom stereocenters. The van der Waals surface area contributed by atoms with E-state index in [9.17, 15) is 9.18 Å². The molecule has 5 rings (SSSR count). The van der Waals surface area contributed by atoms with Crippen molar-refractivity contribution in [2.24, 2.45) is 0 Å². The van der Waals surface area contributed by atoms with Crippen molar-refractivity contribution in [3.8, 4) is 0 Å². The van der Waals surface area contributed by atoms with Crippen LogP contribution in [0.3, 0.4) is 0 Å². The van der Waals surface area contributed by atoms with Gasteiger partial charge in [-0.3, -0.25) is 4.79 Å². The lowest BCUT2D eigenvalue weighted by molar-refractivity contribution is 0.0550. The number of benzene rings is 2. The highest BCUT2D eigenvalue weighted by molar-refractivity contribution is 5.95. The average molecular weight is 405 g/mol. The van der Waals surface area contributed by atoms with Crippen LogP contribution in [0.15, 0.2) is 48.7 Å². The van der Waals surface area contributed by atoms with Gasteiger partial charge in [0.05, 0.1) is 17.5 Å². The summed E-state index contributed by atoms with van der Waals surface area (Å²) in [6.07, 6.45) is 3.33. The Balaban J connectivity index is 1.29. The van der Waals surface area contributed by atoms with Gasteiger partial charge in [0.25, 0.3) is 5.91 Å². The summed E-state index contributed by atoms with van der Waals surface area (Å²) in [5.74, 6) is -0.731. The Morgan fingerprint density at radius 1 is 1.20 bits per heavy atom. The monoisotopic (exact) mass is 405 g/mol. The maximum absolute atomic E-state index is 14.5. The van der Waals surface area contributed by atoms with Crippen LogP contribution in [0.4, 0.5) is 4.39 Å².